The average molecular weight is 381 g/mol. The highest BCUT2D eigenvalue weighted by atomic mass is 32.2. The van der Waals surface area contributed by atoms with Crippen molar-refractivity contribution in [3.63, 3.8) is 0 Å². The molecule has 0 unspecified atom stereocenters. The van der Waals surface area contributed by atoms with Crippen LogP contribution < -0.4 is 5.32 Å². The van der Waals surface area contributed by atoms with Gasteiger partial charge in [0.15, 0.2) is 15.8 Å². The molecule has 0 amide bonds. The van der Waals surface area contributed by atoms with Gasteiger partial charge >= 0.3 is 0 Å². The smallest absolute Gasteiger partial charge is 0.194 e. The molecule has 25 heavy (non-hydrogen) atoms. The summed E-state index contributed by atoms with van der Waals surface area (Å²) in [5.41, 5.74) is 0.979. The topological polar surface area (TPSA) is 74.7 Å². The highest BCUT2D eigenvalue weighted by Crippen LogP contribution is 2.11. The Balaban J connectivity index is 2.01. The van der Waals surface area contributed by atoms with Crippen molar-refractivity contribution in [3.8, 4) is 0 Å². The molecule has 2 aromatic rings. The number of nitrogens with zero attached hydrogens (tertiary/aromatic N) is 3. The molecule has 0 atom stereocenters. The SMILES string of the molecule is CCNC(=NCCS(=O)(=O)c1ccccc1)N(C)Cc1csc(C)n1. The van der Waals surface area contributed by atoms with Gasteiger partial charge in [-0.05, 0) is 26.0 Å². The molecule has 6 nitrogen and oxygen atoms in total. The predicted molar refractivity (Wildman–Crippen MR) is 103 cm³/mol. The van der Waals surface area contributed by atoms with E-state index in [1.54, 1.807) is 41.7 Å². The van der Waals surface area contributed by atoms with Crippen LogP contribution in [-0.4, -0.2) is 50.2 Å². The molecule has 0 saturated carbocycles. The van der Waals surface area contributed by atoms with E-state index in [0.29, 0.717) is 23.9 Å². The van der Waals surface area contributed by atoms with Crippen molar-refractivity contribution in [1.29, 1.82) is 0 Å². The Morgan fingerprint density at radius 2 is 2.04 bits per heavy atom. The molecule has 1 N–H and O–H groups in total. The van der Waals surface area contributed by atoms with Gasteiger partial charge in [-0.3, -0.25) is 4.99 Å². The Labute approximate surface area is 153 Å². The zero-order valence-corrected chi connectivity index (χ0v) is 16.4. The second kappa shape index (κ2) is 8.96. The third-order valence-electron chi connectivity index (χ3n) is 3.49. The van der Waals surface area contributed by atoms with E-state index in [1.165, 1.54) is 0 Å². The molecule has 0 bridgehead atoms. The van der Waals surface area contributed by atoms with E-state index in [2.05, 4.69) is 15.3 Å². The number of guanidine groups is 1. The lowest BCUT2D eigenvalue weighted by Crippen LogP contribution is -2.38. The van der Waals surface area contributed by atoms with Crippen molar-refractivity contribution in [1.82, 2.24) is 15.2 Å². The number of rotatable bonds is 7. The van der Waals surface area contributed by atoms with Crippen LogP contribution in [-0.2, 0) is 16.4 Å². The number of hydrogen-bond acceptors (Lipinski definition) is 5. The van der Waals surface area contributed by atoms with Crippen molar-refractivity contribution in [3.05, 3.63) is 46.4 Å². The molecular formula is C17H24N4O2S2. The minimum absolute atomic E-state index is 0.0183. The fourth-order valence-electron chi connectivity index (χ4n) is 2.29. The molecule has 1 aromatic heterocycles. The third-order valence-corrected chi connectivity index (χ3v) is 6.02. The number of benzene rings is 1. The van der Waals surface area contributed by atoms with Gasteiger partial charge in [-0.25, -0.2) is 13.4 Å². The summed E-state index contributed by atoms with van der Waals surface area (Å²) in [6.07, 6.45) is 0. The van der Waals surface area contributed by atoms with Gasteiger partial charge in [-0.15, -0.1) is 11.3 Å². The van der Waals surface area contributed by atoms with E-state index >= 15 is 0 Å². The molecule has 0 aliphatic heterocycles. The number of sulfone groups is 1. The maximum atomic E-state index is 12.3. The summed E-state index contributed by atoms with van der Waals surface area (Å²) in [5.74, 6) is 0.659. The maximum absolute atomic E-state index is 12.3. The summed E-state index contributed by atoms with van der Waals surface area (Å²) in [7, 11) is -1.40. The molecule has 0 fully saturated rings. The predicted octanol–water partition coefficient (Wildman–Crippen LogP) is 2.32. The van der Waals surface area contributed by atoms with Gasteiger partial charge in [0.05, 0.1) is 34.4 Å². The van der Waals surface area contributed by atoms with Crippen molar-refractivity contribution >= 4 is 27.1 Å². The maximum Gasteiger partial charge on any atom is 0.194 e. The molecule has 0 aliphatic rings. The van der Waals surface area contributed by atoms with E-state index in [4.69, 9.17) is 0 Å². The van der Waals surface area contributed by atoms with E-state index < -0.39 is 9.84 Å². The van der Waals surface area contributed by atoms with E-state index in [1.807, 2.05) is 31.2 Å². The molecule has 0 radical (unpaired) electrons. The minimum atomic E-state index is -3.32. The molecule has 2 rings (SSSR count). The number of nitrogens with one attached hydrogen (secondary N) is 1. The number of aliphatic imine (C=N–C) groups is 1. The normalized spacial score (nSPS) is 12.2. The Hall–Kier alpha value is -1.93. The third kappa shape index (κ3) is 5.82. The van der Waals surface area contributed by atoms with Crippen LogP contribution in [0.15, 0.2) is 45.6 Å². The van der Waals surface area contributed by atoms with Gasteiger partial charge in [0.1, 0.15) is 0 Å². The van der Waals surface area contributed by atoms with Crippen LogP contribution >= 0.6 is 11.3 Å². The van der Waals surface area contributed by atoms with E-state index in [9.17, 15) is 8.42 Å². The first-order valence-electron chi connectivity index (χ1n) is 8.10. The van der Waals surface area contributed by atoms with Crippen molar-refractivity contribution in [2.75, 3.05) is 25.9 Å². The van der Waals surface area contributed by atoms with Crippen LogP contribution in [0.25, 0.3) is 0 Å². The van der Waals surface area contributed by atoms with Gasteiger partial charge in [-0.2, -0.15) is 0 Å². The van der Waals surface area contributed by atoms with E-state index in [-0.39, 0.29) is 12.3 Å². The second-order valence-electron chi connectivity index (χ2n) is 5.58. The number of hydrogen-bond donors (Lipinski definition) is 1. The molecule has 0 spiro atoms. The van der Waals surface area contributed by atoms with Crippen molar-refractivity contribution < 1.29 is 8.42 Å². The standard InChI is InChI=1S/C17H24N4O2S2/c1-4-18-17(21(3)12-15-13-24-14(2)20-15)19-10-11-25(22,23)16-8-6-5-7-9-16/h5-9,13H,4,10-12H2,1-3H3,(H,18,19). The molecular weight excluding hydrogens is 356 g/mol. The lowest BCUT2D eigenvalue weighted by Gasteiger charge is -2.21. The van der Waals surface area contributed by atoms with Gasteiger partial charge in [0, 0.05) is 19.0 Å². The van der Waals surface area contributed by atoms with Crippen LogP contribution in [0.2, 0.25) is 0 Å². The Morgan fingerprint density at radius 3 is 2.64 bits per heavy atom. The summed E-state index contributed by atoms with van der Waals surface area (Å²) >= 11 is 1.61. The van der Waals surface area contributed by atoms with Gasteiger partial charge in [0.2, 0.25) is 0 Å². The molecule has 0 saturated heterocycles. The van der Waals surface area contributed by atoms with Crippen LogP contribution in [0, 0.1) is 6.92 Å². The highest BCUT2D eigenvalue weighted by molar-refractivity contribution is 7.91. The summed E-state index contributed by atoms with van der Waals surface area (Å²) in [6.45, 7) is 5.51. The summed E-state index contributed by atoms with van der Waals surface area (Å²) in [4.78, 5) is 11.2. The van der Waals surface area contributed by atoms with Crippen LogP contribution in [0.5, 0.6) is 0 Å². The summed E-state index contributed by atoms with van der Waals surface area (Å²) in [5, 5.41) is 6.24. The second-order valence-corrected chi connectivity index (χ2v) is 8.75. The fourth-order valence-corrected chi connectivity index (χ4v) is 4.03. The van der Waals surface area contributed by atoms with E-state index in [0.717, 1.165) is 10.7 Å². The van der Waals surface area contributed by atoms with Crippen LogP contribution in [0.4, 0.5) is 0 Å². The Morgan fingerprint density at radius 1 is 1.32 bits per heavy atom. The Bertz CT molecular complexity index is 801. The van der Waals surface area contributed by atoms with Crippen LogP contribution in [0.1, 0.15) is 17.6 Å². The largest absolute Gasteiger partial charge is 0.357 e. The van der Waals surface area contributed by atoms with Crippen molar-refractivity contribution in [2.45, 2.75) is 25.3 Å². The first-order chi connectivity index (χ1) is 11.9. The molecule has 136 valence electrons. The first-order valence-corrected chi connectivity index (χ1v) is 10.6. The fraction of sp³-hybridized carbons (Fsp3) is 0.412. The summed E-state index contributed by atoms with van der Waals surface area (Å²) < 4.78 is 24.6. The highest BCUT2D eigenvalue weighted by Gasteiger charge is 2.14. The minimum Gasteiger partial charge on any atom is -0.357 e. The molecule has 1 heterocycles. The number of aromatic nitrogens is 1. The monoisotopic (exact) mass is 380 g/mol. The Kier molecular flexibility index (Phi) is 6.95. The quantitative estimate of drug-likeness (QED) is 0.589. The molecule has 0 aliphatic carbocycles. The lowest BCUT2D eigenvalue weighted by molar-refractivity contribution is 0.471. The number of aryl methyl sites for hydroxylation is 1. The van der Waals surface area contributed by atoms with Gasteiger partial charge in [-0.1, -0.05) is 18.2 Å². The van der Waals surface area contributed by atoms with Crippen molar-refractivity contribution in [2.24, 2.45) is 4.99 Å². The van der Waals surface area contributed by atoms with Gasteiger partial charge in [0.25, 0.3) is 0 Å². The average Bonchev–Trinajstić information content (AvgIpc) is 2.99. The molecule has 1 aromatic carbocycles. The van der Waals surface area contributed by atoms with Gasteiger partial charge < -0.3 is 10.2 Å². The molecule has 8 heteroatoms. The summed E-state index contributed by atoms with van der Waals surface area (Å²) in [6, 6.07) is 8.48. The first kappa shape index (κ1) is 19.4. The number of thiazole rings is 1. The lowest BCUT2D eigenvalue weighted by atomic mass is 10.4. The zero-order chi connectivity index (χ0) is 18.3. The van der Waals surface area contributed by atoms with Crippen LogP contribution in [0.3, 0.4) is 0 Å². The zero-order valence-electron chi connectivity index (χ0n) is 14.8.